The summed E-state index contributed by atoms with van der Waals surface area (Å²) in [6.45, 7) is 0. The lowest BCUT2D eigenvalue weighted by atomic mass is 9.84. The quantitative estimate of drug-likeness (QED) is 0.822. The van der Waals surface area contributed by atoms with Crippen LogP contribution in [0.25, 0.3) is 0 Å². The molecule has 0 amide bonds. The average Bonchev–Trinajstić information content (AvgIpc) is 2.46. The summed E-state index contributed by atoms with van der Waals surface area (Å²) in [4.78, 5) is 0.991. The van der Waals surface area contributed by atoms with Crippen LogP contribution in [0.5, 0.6) is 5.75 Å². The number of phenolic OH excluding ortho intramolecular Hbond substituents is 1. The Bertz CT molecular complexity index is 565. The van der Waals surface area contributed by atoms with Gasteiger partial charge in [0.05, 0.1) is 0 Å². The van der Waals surface area contributed by atoms with Crippen molar-refractivity contribution in [3.8, 4) is 5.75 Å². The van der Waals surface area contributed by atoms with Crippen LogP contribution in [0.15, 0.2) is 53.4 Å². The molecule has 0 bridgehead atoms. The van der Waals surface area contributed by atoms with Crippen molar-refractivity contribution in [1.82, 2.24) is 0 Å². The van der Waals surface area contributed by atoms with Gasteiger partial charge in [-0.05, 0) is 48.4 Å². The first-order valence-electron chi connectivity index (χ1n) is 6.83. The van der Waals surface area contributed by atoms with E-state index in [9.17, 15) is 5.11 Å². The molecule has 0 spiro atoms. The van der Waals surface area contributed by atoms with Gasteiger partial charge in [0.1, 0.15) is 5.75 Å². The summed E-state index contributed by atoms with van der Waals surface area (Å²) in [7, 11) is 0. The van der Waals surface area contributed by atoms with Crippen molar-refractivity contribution >= 4 is 11.8 Å². The van der Waals surface area contributed by atoms with E-state index in [1.54, 1.807) is 17.8 Å². The molecule has 1 aliphatic rings. The zero-order valence-corrected chi connectivity index (χ0v) is 11.7. The number of para-hydroxylation sites is 1. The highest BCUT2D eigenvalue weighted by molar-refractivity contribution is 7.99. The van der Waals surface area contributed by atoms with Gasteiger partial charge in [0, 0.05) is 10.6 Å². The zero-order valence-electron chi connectivity index (χ0n) is 10.9. The fourth-order valence-electron chi connectivity index (χ4n) is 2.80. The number of hydrogen-bond donors (Lipinski definition) is 1. The minimum atomic E-state index is 0.400. The Labute approximate surface area is 118 Å². The predicted molar refractivity (Wildman–Crippen MR) is 81.0 cm³/mol. The SMILES string of the molecule is Oc1ccccc1SCC1CCCc2ccccc21. The number of aromatic hydroxyl groups is 1. The molecule has 19 heavy (non-hydrogen) atoms. The summed E-state index contributed by atoms with van der Waals surface area (Å²) in [6, 6.07) is 16.4. The molecular weight excluding hydrogens is 252 g/mol. The smallest absolute Gasteiger partial charge is 0.129 e. The highest BCUT2D eigenvalue weighted by Crippen LogP contribution is 2.37. The van der Waals surface area contributed by atoms with Crippen LogP contribution in [0, 0.1) is 0 Å². The second kappa shape index (κ2) is 5.70. The molecule has 0 fully saturated rings. The summed E-state index contributed by atoms with van der Waals surface area (Å²) in [6.07, 6.45) is 3.76. The number of thioether (sulfide) groups is 1. The zero-order chi connectivity index (χ0) is 13.1. The standard InChI is InChI=1S/C17H18OS/c18-16-10-3-4-11-17(16)19-12-14-8-5-7-13-6-1-2-9-15(13)14/h1-4,6,9-11,14,18H,5,7-8,12H2. The van der Waals surface area contributed by atoms with Crippen molar-refractivity contribution in [3.05, 3.63) is 59.7 Å². The van der Waals surface area contributed by atoms with Crippen molar-refractivity contribution < 1.29 is 5.11 Å². The van der Waals surface area contributed by atoms with Crippen LogP contribution >= 0.6 is 11.8 Å². The van der Waals surface area contributed by atoms with Gasteiger partial charge in [0.2, 0.25) is 0 Å². The normalized spacial score (nSPS) is 18.0. The van der Waals surface area contributed by atoms with Gasteiger partial charge >= 0.3 is 0 Å². The van der Waals surface area contributed by atoms with Crippen LogP contribution in [0.1, 0.15) is 29.9 Å². The Balaban J connectivity index is 1.73. The first-order chi connectivity index (χ1) is 9.34. The van der Waals surface area contributed by atoms with Gasteiger partial charge in [-0.3, -0.25) is 0 Å². The van der Waals surface area contributed by atoms with E-state index in [1.807, 2.05) is 18.2 Å². The van der Waals surface area contributed by atoms with E-state index in [0.717, 1.165) is 10.6 Å². The summed E-state index contributed by atoms with van der Waals surface area (Å²) in [5, 5.41) is 9.81. The maximum Gasteiger partial charge on any atom is 0.129 e. The number of aryl methyl sites for hydroxylation is 1. The number of rotatable bonds is 3. The van der Waals surface area contributed by atoms with Crippen molar-refractivity contribution in [2.24, 2.45) is 0 Å². The summed E-state index contributed by atoms with van der Waals surface area (Å²) >= 11 is 1.77. The van der Waals surface area contributed by atoms with Crippen molar-refractivity contribution in [3.63, 3.8) is 0 Å². The molecule has 98 valence electrons. The molecule has 1 N–H and O–H groups in total. The lowest BCUT2D eigenvalue weighted by Gasteiger charge is -2.25. The molecule has 0 aromatic heterocycles. The minimum absolute atomic E-state index is 0.400. The molecule has 0 aliphatic heterocycles. The lowest BCUT2D eigenvalue weighted by Crippen LogP contribution is -2.11. The van der Waals surface area contributed by atoms with E-state index in [1.165, 1.54) is 30.4 Å². The van der Waals surface area contributed by atoms with Gasteiger partial charge in [0.25, 0.3) is 0 Å². The summed E-state index contributed by atoms with van der Waals surface area (Å²) in [5.74, 6) is 2.07. The van der Waals surface area contributed by atoms with Gasteiger partial charge in [-0.25, -0.2) is 0 Å². The maximum atomic E-state index is 9.81. The van der Waals surface area contributed by atoms with Crippen LogP contribution in [-0.2, 0) is 6.42 Å². The van der Waals surface area contributed by atoms with Crippen LogP contribution < -0.4 is 0 Å². The van der Waals surface area contributed by atoms with Crippen molar-refractivity contribution in [2.45, 2.75) is 30.1 Å². The summed E-state index contributed by atoms with van der Waals surface area (Å²) in [5.41, 5.74) is 3.02. The van der Waals surface area contributed by atoms with Gasteiger partial charge in [-0.1, -0.05) is 36.4 Å². The maximum absolute atomic E-state index is 9.81. The number of phenols is 1. The Morgan fingerprint density at radius 1 is 1.05 bits per heavy atom. The molecule has 1 atom stereocenters. The molecule has 1 nitrogen and oxygen atoms in total. The number of fused-ring (bicyclic) bond motifs is 1. The minimum Gasteiger partial charge on any atom is -0.507 e. The van der Waals surface area contributed by atoms with Crippen molar-refractivity contribution in [2.75, 3.05) is 5.75 Å². The van der Waals surface area contributed by atoms with Crippen molar-refractivity contribution in [1.29, 1.82) is 0 Å². The number of benzene rings is 2. The second-order valence-electron chi connectivity index (χ2n) is 5.07. The molecule has 2 aromatic carbocycles. The second-order valence-corrected chi connectivity index (χ2v) is 6.13. The Kier molecular flexibility index (Phi) is 3.79. The molecule has 2 heteroatoms. The Hall–Kier alpha value is -1.41. The largest absolute Gasteiger partial charge is 0.507 e. The topological polar surface area (TPSA) is 20.2 Å². The van der Waals surface area contributed by atoms with E-state index < -0.39 is 0 Å². The predicted octanol–water partition coefficient (Wildman–Crippen LogP) is 4.60. The van der Waals surface area contributed by atoms with E-state index in [4.69, 9.17) is 0 Å². The molecule has 0 heterocycles. The van der Waals surface area contributed by atoms with Crippen LogP contribution in [0.4, 0.5) is 0 Å². The van der Waals surface area contributed by atoms with Gasteiger partial charge in [-0.15, -0.1) is 11.8 Å². The van der Waals surface area contributed by atoms with Gasteiger partial charge in [0.15, 0.2) is 0 Å². The van der Waals surface area contributed by atoms with E-state index in [-0.39, 0.29) is 0 Å². The molecule has 3 rings (SSSR count). The lowest BCUT2D eigenvalue weighted by molar-refractivity contribution is 0.462. The van der Waals surface area contributed by atoms with Crippen LogP contribution in [-0.4, -0.2) is 10.9 Å². The average molecular weight is 270 g/mol. The highest BCUT2D eigenvalue weighted by atomic mass is 32.2. The summed E-state index contributed by atoms with van der Waals surface area (Å²) < 4.78 is 0. The molecular formula is C17H18OS. The van der Waals surface area contributed by atoms with E-state index in [2.05, 4.69) is 24.3 Å². The van der Waals surface area contributed by atoms with E-state index >= 15 is 0 Å². The Morgan fingerprint density at radius 3 is 2.74 bits per heavy atom. The third-order valence-electron chi connectivity index (χ3n) is 3.80. The first kappa shape index (κ1) is 12.6. The molecule has 2 aromatic rings. The van der Waals surface area contributed by atoms with E-state index in [0.29, 0.717) is 11.7 Å². The molecule has 0 radical (unpaired) electrons. The molecule has 0 saturated carbocycles. The van der Waals surface area contributed by atoms with Crippen LogP contribution in [0.2, 0.25) is 0 Å². The number of hydrogen-bond acceptors (Lipinski definition) is 2. The fourth-order valence-corrected chi connectivity index (χ4v) is 3.91. The third kappa shape index (κ3) is 2.79. The Morgan fingerprint density at radius 2 is 1.84 bits per heavy atom. The molecule has 1 aliphatic carbocycles. The molecule has 1 unspecified atom stereocenters. The highest BCUT2D eigenvalue weighted by Gasteiger charge is 2.20. The third-order valence-corrected chi connectivity index (χ3v) is 5.02. The van der Waals surface area contributed by atoms with Gasteiger partial charge < -0.3 is 5.11 Å². The van der Waals surface area contributed by atoms with Gasteiger partial charge in [-0.2, -0.15) is 0 Å². The fraction of sp³-hybridized carbons (Fsp3) is 0.294. The monoisotopic (exact) mass is 270 g/mol. The van der Waals surface area contributed by atoms with Crippen LogP contribution in [0.3, 0.4) is 0 Å². The molecule has 0 saturated heterocycles. The first-order valence-corrected chi connectivity index (χ1v) is 7.82.